The van der Waals surface area contributed by atoms with Gasteiger partial charge in [-0.2, -0.15) is 18.4 Å². The van der Waals surface area contributed by atoms with Crippen LogP contribution < -0.4 is 10.1 Å². The third-order valence-electron chi connectivity index (χ3n) is 3.33. The average Bonchev–Trinajstić information content (AvgIpc) is 2.64. The highest BCUT2D eigenvalue weighted by molar-refractivity contribution is 6.09. The Morgan fingerprint density at radius 3 is 2.52 bits per heavy atom. The van der Waals surface area contributed by atoms with Crippen LogP contribution in [0.3, 0.4) is 0 Å². The Kier molecular flexibility index (Phi) is 6.24. The van der Waals surface area contributed by atoms with Crippen LogP contribution in [0.2, 0.25) is 0 Å². The summed E-state index contributed by atoms with van der Waals surface area (Å²) in [7, 11) is 0. The fourth-order valence-electron chi connectivity index (χ4n) is 2.07. The Hall–Kier alpha value is -3.71. The van der Waals surface area contributed by atoms with Crippen LogP contribution >= 0.6 is 0 Å². The van der Waals surface area contributed by atoms with Crippen LogP contribution in [0.25, 0.3) is 6.08 Å². The monoisotopic (exact) mass is 370 g/mol. The molecule has 7 heteroatoms. The van der Waals surface area contributed by atoms with Crippen LogP contribution in [0.1, 0.15) is 11.1 Å². The van der Waals surface area contributed by atoms with E-state index in [2.05, 4.69) is 11.2 Å². The van der Waals surface area contributed by atoms with E-state index in [1.54, 1.807) is 30.3 Å². The van der Waals surface area contributed by atoms with E-state index < -0.39 is 17.6 Å². The van der Waals surface area contributed by atoms with Gasteiger partial charge in [0.25, 0.3) is 5.91 Å². The van der Waals surface area contributed by atoms with E-state index in [1.165, 1.54) is 18.2 Å². The summed E-state index contributed by atoms with van der Waals surface area (Å²) < 4.78 is 43.4. The number of rotatable bonds is 5. The number of carbonyl (C=O) groups excluding carboxylic acids is 1. The maximum atomic E-state index is 12.7. The molecule has 0 saturated carbocycles. The number of nitrogens with one attached hydrogen (secondary N) is 1. The van der Waals surface area contributed by atoms with Crippen LogP contribution in [-0.2, 0) is 11.0 Å². The molecule has 4 nitrogen and oxygen atoms in total. The van der Waals surface area contributed by atoms with E-state index in [0.717, 1.165) is 12.1 Å². The van der Waals surface area contributed by atoms with Gasteiger partial charge in [-0.25, -0.2) is 0 Å². The number of nitrogens with zero attached hydrogens (tertiary/aromatic N) is 1. The average molecular weight is 370 g/mol. The molecule has 0 aromatic heterocycles. The number of anilines is 1. The van der Waals surface area contributed by atoms with Gasteiger partial charge in [0.15, 0.2) is 0 Å². The van der Waals surface area contributed by atoms with Crippen molar-refractivity contribution >= 4 is 17.7 Å². The zero-order valence-electron chi connectivity index (χ0n) is 13.9. The summed E-state index contributed by atoms with van der Waals surface area (Å²) in [6, 6.07) is 12.3. The molecule has 0 bridgehead atoms. The first-order valence-corrected chi connectivity index (χ1v) is 7.60. The van der Waals surface area contributed by atoms with Crippen molar-refractivity contribution in [3.63, 3.8) is 0 Å². The van der Waals surface area contributed by atoms with E-state index in [0.29, 0.717) is 11.3 Å². The molecule has 0 unspecified atom stereocenters. The van der Waals surface area contributed by atoms with Crippen molar-refractivity contribution in [3.05, 3.63) is 65.2 Å². The van der Waals surface area contributed by atoms with Gasteiger partial charge in [-0.15, -0.1) is 6.42 Å². The SMILES string of the molecule is C#CCOc1ccc(/C=C(/C#N)C(=O)Nc2cccc(C(F)(F)F)c2)cc1. The zero-order chi connectivity index (χ0) is 19.9. The van der Waals surface area contributed by atoms with E-state index in [9.17, 15) is 23.2 Å². The van der Waals surface area contributed by atoms with E-state index in [1.807, 2.05) is 0 Å². The Bertz CT molecular complexity index is 933. The predicted octanol–water partition coefficient (Wildman–Crippen LogP) is 4.26. The number of hydrogen-bond acceptors (Lipinski definition) is 3. The summed E-state index contributed by atoms with van der Waals surface area (Å²) in [6.07, 6.45) is 1.88. The van der Waals surface area contributed by atoms with Crippen LogP contribution in [0.4, 0.5) is 18.9 Å². The van der Waals surface area contributed by atoms with Gasteiger partial charge in [0.2, 0.25) is 0 Å². The van der Waals surface area contributed by atoms with Crippen LogP contribution in [0, 0.1) is 23.7 Å². The standard InChI is InChI=1S/C20H13F3N2O2/c1-2-10-27-18-8-6-14(7-9-18)11-15(13-24)19(26)25-17-5-3-4-16(12-17)20(21,22)23/h1,3-9,11-12H,10H2,(H,25,26)/b15-11-. The van der Waals surface area contributed by atoms with Crippen LogP contribution in [0.15, 0.2) is 54.1 Å². The first kappa shape index (κ1) is 19.6. The third-order valence-corrected chi connectivity index (χ3v) is 3.33. The first-order valence-electron chi connectivity index (χ1n) is 7.60. The molecule has 0 aliphatic heterocycles. The lowest BCUT2D eigenvalue weighted by Gasteiger charge is -2.09. The zero-order valence-corrected chi connectivity index (χ0v) is 13.9. The lowest BCUT2D eigenvalue weighted by Crippen LogP contribution is -2.14. The maximum absolute atomic E-state index is 12.7. The number of nitriles is 1. The molecule has 0 saturated heterocycles. The molecule has 0 aliphatic rings. The lowest BCUT2D eigenvalue weighted by atomic mass is 10.1. The number of amides is 1. The quantitative estimate of drug-likeness (QED) is 0.486. The van der Waals surface area contributed by atoms with Gasteiger partial charge in [-0.05, 0) is 42.0 Å². The highest BCUT2D eigenvalue weighted by Crippen LogP contribution is 2.30. The topological polar surface area (TPSA) is 62.1 Å². The van der Waals surface area contributed by atoms with Gasteiger partial charge in [0, 0.05) is 5.69 Å². The summed E-state index contributed by atoms with van der Waals surface area (Å²) in [6.45, 7) is 0.109. The normalized spacial score (nSPS) is 11.2. The third kappa shape index (κ3) is 5.65. The van der Waals surface area contributed by atoms with Crippen molar-refractivity contribution in [2.45, 2.75) is 6.18 Å². The van der Waals surface area contributed by atoms with Crippen LogP contribution in [-0.4, -0.2) is 12.5 Å². The van der Waals surface area contributed by atoms with Gasteiger partial charge in [-0.3, -0.25) is 4.79 Å². The van der Waals surface area contributed by atoms with Gasteiger partial charge >= 0.3 is 6.18 Å². The molecule has 2 rings (SSSR count). The minimum atomic E-state index is -4.53. The highest BCUT2D eigenvalue weighted by Gasteiger charge is 2.30. The summed E-state index contributed by atoms with van der Waals surface area (Å²) >= 11 is 0. The summed E-state index contributed by atoms with van der Waals surface area (Å²) in [5.74, 6) is 2.03. The number of hydrogen-bond donors (Lipinski definition) is 1. The van der Waals surface area contributed by atoms with Crippen molar-refractivity contribution in [2.75, 3.05) is 11.9 Å². The summed E-state index contributed by atoms with van der Waals surface area (Å²) in [5, 5.41) is 11.5. The molecule has 0 fully saturated rings. The molecule has 1 N–H and O–H groups in total. The second-order valence-corrected chi connectivity index (χ2v) is 5.26. The predicted molar refractivity (Wildman–Crippen MR) is 94.4 cm³/mol. The second-order valence-electron chi connectivity index (χ2n) is 5.26. The Labute approximate surface area is 153 Å². The van der Waals surface area contributed by atoms with Crippen LogP contribution in [0.5, 0.6) is 5.75 Å². The number of carbonyl (C=O) groups is 1. The van der Waals surface area contributed by atoms with E-state index in [4.69, 9.17) is 11.2 Å². The van der Waals surface area contributed by atoms with Gasteiger partial charge in [-0.1, -0.05) is 24.1 Å². The molecular weight excluding hydrogens is 357 g/mol. The largest absolute Gasteiger partial charge is 0.481 e. The molecule has 2 aromatic carbocycles. The summed E-state index contributed by atoms with van der Waals surface area (Å²) in [4.78, 5) is 12.2. The first-order chi connectivity index (χ1) is 12.8. The highest BCUT2D eigenvalue weighted by atomic mass is 19.4. The van der Waals surface area contributed by atoms with E-state index in [-0.39, 0.29) is 17.9 Å². The Morgan fingerprint density at radius 1 is 1.22 bits per heavy atom. The molecule has 0 spiro atoms. The Balaban J connectivity index is 2.15. The van der Waals surface area contributed by atoms with Crippen molar-refractivity contribution in [3.8, 4) is 24.2 Å². The van der Waals surface area contributed by atoms with Gasteiger partial charge < -0.3 is 10.1 Å². The van der Waals surface area contributed by atoms with Gasteiger partial charge in [0.1, 0.15) is 24.0 Å². The van der Waals surface area contributed by atoms with E-state index >= 15 is 0 Å². The molecular formula is C20H13F3N2O2. The molecule has 1 amide bonds. The van der Waals surface area contributed by atoms with Gasteiger partial charge in [0.05, 0.1) is 5.56 Å². The molecule has 2 aromatic rings. The number of terminal acetylenes is 1. The van der Waals surface area contributed by atoms with Crippen molar-refractivity contribution in [2.24, 2.45) is 0 Å². The number of halogens is 3. The van der Waals surface area contributed by atoms with Crippen molar-refractivity contribution in [1.29, 1.82) is 5.26 Å². The maximum Gasteiger partial charge on any atom is 0.416 e. The van der Waals surface area contributed by atoms with Crippen molar-refractivity contribution in [1.82, 2.24) is 0 Å². The molecule has 136 valence electrons. The minimum absolute atomic E-state index is 0.0611. The second kappa shape index (κ2) is 8.59. The molecule has 0 atom stereocenters. The molecule has 27 heavy (non-hydrogen) atoms. The Morgan fingerprint density at radius 2 is 1.93 bits per heavy atom. The lowest BCUT2D eigenvalue weighted by molar-refractivity contribution is -0.137. The molecule has 0 radical (unpaired) electrons. The molecule has 0 aliphatic carbocycles. The number of benzene rings is 2. The fourth-order valence-corrected chi connectivity index (χ4v) is 2.07. The number of ether oxygens (including phenoxy) is 1. The smallest absolute Gasteiger partial charge is 0.416 e. The fraction of sp³-hybridized carbons (Fsp3) is 0.100. The summed E-state index contributed by atoms with van der Waals surface area (Å²) in [5.41, 5.74) is -0.678. The number of alkyl halides is 3. The van der Waals surface area contributed by atoms with Crippen molar-refractivity contribution < 1.29 is 22.7 Å². The molecule has 0 heterocycles. The minimum Gasteiger partial charge on any atom is -0.481 e.